The number of methoxy groups -OCH3 is 1. The predicted molar refractivity (Wildman–Crippen MR) is 145 cm³/mol. The summed E-state index contributed by atoms with van der Waals surface area (Å²) in [6.07, 6.45) is -16.5. The van der Waals surface area contributed by atoms with Gasteiger partial charge in [0.15, 0.2) is 29.7 Å². The second-order valence-electron chi connectivity index (χ2n) is 10.4. The van der Waals surface area contributed by atoms with Gasteiger partial charge >= 0.3 is 0 Å². The Morgan fingerprint density at radius 2 is 1.52 bits per heavy atom. The molecule has 2 saturated heterocycles. The molecule has 2 fully saturated rings. The third-order valence-corrected chi connectivity index (χ3v) is 7.54. The summed E-state index contributed by atoms with van der Waals surface area (Å²) in [7, 11) is 1.14. The van der Waals surface area contributed by atoms with E-state index >= 15 is 0 Å². The van der Waals surface area contributed by atoms with Crippen LogP contribution in [0.2, 0.25) is 0 Å². The molecule has 2 aliphatic rings. The van der Waals surface area contributed by atoms with E-state index in [0.29, 0.717) is 0 Å². The largest absolute Gasteiger partial charge is 0.508 e. The number of aliphatic hydroxyl groups excluding tert-OH is 6. The van der Waals surface area contributed by atoms with Gasteiger partial charge in [-0.05, 0) is 31.2 Å². The highest BCUT2D eigenvalue weighted by Gasteiger charge is 2.51. The highest BCUT2D eigenvalue weighted by atomic mass is 16.8. The summed E-state index contributed by atoms with van der Waals surface area (Å²) in [5.41, 5.74) is -1.14. The summed E-state index contributed by atoms with van der Waals surface area (Å²) < 4.78 is 33.6. The first-order chi connectivity index (χ1) is 20.9. The number of fused-ring (bicyclic) bond motifs is 1. The number of rotatable bonds is 7. The van der Waals surface area contributed by atoms with Crippen molar-refractivity contribution in [3.05, 3.63) is 40.6 Å². The monoisotopic (exact) mass is 624 g/mol. The normalized spacial score (nSPS) is 32.5. The van der Waals surface area contributed by atoms with Crippen LogP contribution in [0.25, 0.3) is 22.3 Å². The molecule has 1 aromatic heterocycles. The molecular formula is C28H32O16. The van der Waals surface area contributed by atoms with Crippen molar-refractivity contribution in [2.45, 2.75) is 68.3 Å². The number of benzene rings is 2. The van der Waals surface area contributed by atoms with Crippen LogP contribution >= 0.6 is 0 Å². The Bertz CT molecular complexity index is 1540. The minimum Gasteiger partial charge on any atom is -0.508 e. The zero-order valence-corrected chi connectivity index (χ0v) is 23.3. The van der Waals surface area contributed by atoms with Crippen molar-refractivity contribution in [2.75, 3.05) is 13.7 Å². The summed E-state index contributed by atoms with van der Waals surface area (Å²) >= 11 is 0. The van der Waals surface area contributed by atoms with Gasteiger partial charge < -0.3 is 74.1 Å². The summed E-state index contributed by atoms with van der Waals surface area (Å²) in [4.78, 5) is 13.9. The van der Waals surface area contributed by atoms with Crippen LogP contribution in [0.5, 0.6) is 28.7 Å². The number of phenols is 3. The van der Waals surface area contributed by atoms with E-state index in [0.717, 1.165) is 13.2 Å². The van der Waals surface area contributed by atoms with E-state index in [1.807, 2.05) is 0 Å². The van der Waals surface area contributed by atoms with E-state index in [4.69, 9.17) is 28.1 Å². The van der Waals surface area contributed by atoms with Crippen molar-refractivity contribution in [1.82, 2.24) is 0 Å². The lowest BCUT2D eigenvalue weighted by Gasteiger charge is -2.45. The van der Waals surface area contributed by atoms with Crippen LogP contribution in [0.1, 0.15) is 6.92 Å². The van der Waals surface area contributed by atoms with Gasteiger partial charge in [-0.25, -0.2) is 0 Å². The van der Waals surface area contributed by atoms with Crippen LogP contribution in [0, 0.1) is 0 Å². The second kappa shape index (κ2) is 12.4. The van der Waals surface area contributed by atoms with E-state index in [1.54, 1.807) is 0 Å². The lowest BCUT2D eigenvalue weighted by molar-refractivity contribution is -0.354. The van der Waals surface area contributed by atoms with Crippen LogP contribution in [-0.2, 0) is 14.2 Å². The maximum atomic E-state index is 13.9. The first kappa shape index (κ1) is 31.7. The van der Waals surface area contributed by atoms with Gasteiger partial charge in [-0.2, -0.15) is 0 Å². The fourth-order valence-corrected chi connectivity index (χ4v) is 5.09. The fraction of sp³-hybridized carbons (Fsp3) is 0.464. The van der Waals surface area contributed by atoms with Crippen molar-refractivity contribution >= 4 is 11.0 Å². The Hall–Kier alpha value is -3.71. The van der Waals surface area contributed by atoms with E-state index < -0.39 is 102 Å². The summed E-state index contributed by atoms with van der Waals surface area (Å²) in [5, 5.41) is 92.5. The predicted octanol–water partition coefficient (Wildman–Crippen LogP) is -1.38. The molecule has 0 saturated carbocycles. The lowest BCUT2D eigenvalue weighted by atomic mass is 9.97. The maximum Gasteiger partial charge on any atom is 0.239 e. The molecule has 0 bridgehead atoms. The van der Waals surface area contributed by atoms with Crippen LogP contribution < -0.4 is 14.9 Å². The molecule has 2 aliphatic heterocycles. The van der Waals surface area contributed by atoms with Crippen LogP contribution in [-0.4, -0.2) is 121 Å². The first-order valence-electron chi connectivity index (χ1n) is 13.4. The van der Waals surface area contributed by atoms with Crippen molar-refractivity contribution < 1.29 is 74.1 Å². The minimum absolute atomic E-state index is 0.126. The molecule has 9 N–H and O–H groups in total. The van der Waals surface area contributed by atoms with Crippen LogP contribution in [0.15, 0.2) is 39.5 Å². The Labute approximate surface area is 248 Å². The van der Waals surface area contributed by atoms with E-state index in [1.165, 1.54) is 31.2 Å². The fourth-order valence-electron chi connectivity index (χ4n) is 5.09. The number of hydrogen-bond donors (Lipinski definition) is 9. The summed E-state index contributed by atoms with van der Waals surface area (Å²) in [6, 6.07) is 6.30. The topological polar surface area (TPSA) is 258 Å². The molecule has 240 valence electrons. The molecule has 3 aromatic rings. The number of aliphatic hydroxyl groups is 6. The minimum atomic E-state index is -1.89. The number of phenolic OH excluding ortho intramolecular Hbond substituents is 3. The SMILES string of the molecule is COc1c(O)cc2oc(-c3ccc(O)cc3)c(O[C@@H]3O[C@H](CO)[C@@H](O)[C@H](O)[C@H]3O[C@@H]3O[C@@H](C)[C@H](O)[C@@H](O)[C@H]3O)c(=O)c2c1O. The lowest BCUT2D eigenvalue weighted by Crippen LogP contribution is -2.64. The van der Waals surface area contributed by atoms with Crippen molar-refractivity contribution in [2.24, 2.45) is 0 Å². The molecule has 44 heavy (non-hydrogen) atoms. The third-order valence-electron chi connectivity index (χ3n) is 7.54. The molecule has 16 heteroatoms. The highest BCUT2D eigenvalue weighted by molar-refractivity contribution is 5.91. The molecule has 0 aliphatic carbocycles. The van der Waals surface area contributed by atoms with Gasteiger partial charge in [0.25, 0.3) is 0 Å². The Kier molecular flexibility index (Phi) is 8.90. The highest BCUT2D eigenvalue weighted by Crippen LogP contribution is 2.44. The quantitative estimate of drug-likeness (QED) is 0.147. The Balaban J connectivity index is 1.63. The van der Waals surface area contributed by atoms with Gasteiger partial charge in [-0.15, -0.1) is 0 Å². The number of ether oxygens (including phenoxy) is 5. The van der Waals surface area contributed by atoms with Gasteiger partial charge in [-0.3, -0.25) is 4.79 Å². The average molecular weight is 625 g/mol. The summed E-state index contributed by atoms with van der Waals surface area (Å²) in [5.74, 6) is -2.85. The molecule has 3 heterocycles. The smallest absolute Gasteiger partial charge is 0.239 e. The zero-order chi connectivity index (χ0) is 32.0. The molecule has 16 nitrogen and oxygen atoms in total. The van der Waals surface area contributed by atoms with Gasteiger partial charge in [0.2, 0.25) is 23.2 Å². The van der Waals surface area contributed by atoms with Crippen molar-refractivity contribution in [3.8, 4) is 40.1 Å². The first-order valence-corrected chi connectivity index (χ1v) is 13.4. The molecule has 2 aromatic carbocycles. The summed E-state index contributed by atoms with van der Waals surface area (Å²) in [6.45, 7) is 0.570. The average Bonchev–Trinajstić information content (AvgIpc) is 2.99. The molecule has 10 atom stereocenters. The maximum absolute atomic E-state index is 13.9. The molecule has 0 spiro atoms. The Morgan fingerprint density at radius 3 is 2.16 bits per heavy atom. The van der Waals surface area contributed by atoms with Gasteiger partial charge in [0, 0.05) is 11.6 Å². The molecule has 5 rings (SSSR count). The van der Waals surface area contributed by atoms with Gasteiger partial charge in [0.1, 0.15) is 53.3 Å². The van der Waals surface area contributed by atoms with Gasteiger partial charge in [0.05, 0.1) is 19.8 Å². The zero-order valence-electron chi connectivity index (χ0n) is 23.3. The number of aromatic hydroxyl groups is 3. The molecule has 0 radical (unpaired) electrons. The van der Waals surface area contributed by atoms with E-state index in [9.17, 15) is 50.8 Å². The van der Waals surface area contributed by atoms with E-state index in [2.05, 4.69) is 0 Å². The standard InChI is InChI=1S/C28H32O16/c1-9-16(32)20(36)22(38)27(40-9)44-26-21(37)17(33)14(8-29)42-28(26)43-25-19(35)15-13(7-12(31)24(39-2)18(15)34)41-23(25)10-3-5-11(30)6-4-10/h3-7,9,14,16-17,20-22,26-34,36-38H,8H2,1-2H3/t9-,14+,16-,17+,20+,21-,22+,26+,27-,28-/m0/s1. The van der Waals surface area contributed by atoms with Crippen LogP contribution in [0.4, 0.5) is 0 Å². The van der Waals surface area contributed by atoms with Crippen LogP contribution in [0.3, 0.4) is 0 Å². The van der Waals surface area contributed by atoms with Crippen molar-refractivity contribution in [1.29, 1.82) is 0 Å². The molecule has 0 amide bonds. The Morgan fingerprint density at radius 1 is 0.841 bits per heavy atom. The van der Waals surface area contributed by atoms with Gasteiger partial charge in [-0.1, -0.05) is 0 Å². The third kappa shape index (κ3) is 5.51. The second-order valence-corrected chi connectivity index (χ2v) is 10.4. The van der Waals surface area contributed by atoms with Crippen molar-refractivity contribution in [3.63, 3.8) is 0 Å². The molecular weight excluding hydrogens is 592 g/mol. The number of hydrogen-bond acceptors (Lipinski definition) is 16. The van der Waals surface area contributed by atoms with E-state index in [-0.39, 0.29) is 22.7 Å². The molecule has 0 unspecified atom stereocenters.